The molecule has 0 spiro atoms. The number of hydrogen-bond donors (Lipinski definition) is 2. The summed E-state index contributed by atoms with van der Waals surface area (Å²) in [6.07, 6.45) is 5.57. The van der Waals surface area contributed by atoms with Crippen LogP contribution in [0.25, 0.3) is 0 Å². The van der Waals surface area contributed by atoms with Gasteiger partial charge in [0.15, 0.2) is 0 Å². The summed E-state index contributed by atoms with van der Waals surface area (Å²) in [5.74, 6) is -0.359. The van der Waals surface area contributed by atoms with Gasteiger partial charge in [-0.3, -0.25) is 9.59 Å². The molecule has 2 aromatic rings. The van der Waals surface area contributed by atoms with E-state index in [9.17, 15) is 9.59 Å². The van der Waals surface area contributed by atoms with Gasteiger partial charge in [0, 0.05) is 30.5 Å². The van der Waals surface area contributed by atoms with Gasteiger partial charge in [-0.15, -0.1) is 0 Å². The van der Waals surface area contributed by atoms with E-state index in [1.54, 1.807) is 30.3 Å². The summed E-state index contributed by atoms with van der Waals surface area (Å²) in [4.78, 5) is 27.7. The number of anilines is 2. The standard InChI is InChI=1S/C22H24ClN3O2/c23-19-7-3-2-6-17(19)21(27)25-16-10-11-20(26-12-4-1-5-13-26)18(14-16)22(28)24-15-8-9-15/h2-3,6-7,10-11,14-15H,1,4-5,8-9,12-13H2,(H,24,28)(H,25,27). The Hall–Kier alpha value is -2.53. The number of rotatable bonds is 5. The maximum atomic E-state index is 12.8. The zero-order valence-corrected chi connectivity index (χ0v) is 16.5. The third-order valence-electron chi connectivity index (χ3n) is 5.23. The van der Waals surface area contributed by atoms with E-state index in [1.165, 1.54) is 6.42 Å². The molecular weight excluding hydrogens is 374 g/mol. The highest BCUT2D eigenvalue weighted by Gasteiger charge is 2.26. The molecule has 4 rings (SSSR count). The molecule has 0 unspecified atom stereocenters. The van der Waals surface area contributed by atoms with Crippen LogP contribution in [-0.2, 0) is 0 Å². The van der Waals surface area contributed by atoms with E-state index in [0.717, 1.165) is 44.5 Å². The molecule has 0 atom stereocenters. The number of hydrogen-bond acceptors (Lipinski definition) is 3. The van der Waals surface area contributed by atoms with Crippen molar-refractivity contribution in [1.82, 2.24) is 5.32 Å². The van der Waals surface area contributed by atoms with Crippen LogP contribution in [0.5, 0.6) is 0 Å². The van der Waals surface area contributed by atoms with Crippen molar-refractivity contribution in [2.75, 3.05) is 23.3 Å². The Labute approximate surface area is 170 Å². The summed E-state index contributed by atoms with van der Waals surface area (Å²) in [7, 11) is 0. The van der Waals surface area contributed by atoms with E-state index in [2.05, 4.69) is 15.5 Å². The van der Waals surface area contributed by atoms with E-state index in [1.807, 2.05) is 12.1 Å². The van der Waals surface area contributed by atoms with E-state index in [-0.39, 0.29) is 17.9 Å². The molecule has 1 aliphatic carbocycles. The monoisotopic (exact) mass is 397 g/mol. The third-order valence-corrected chi connectivity index (χ3v) is 5.56. The van der Waals surface area contributed by atoms with Gasteiger partial charge in [-0.2, -0.15) is 0 Å². The average molecular weight is 398 g/mol. The van der Waals surface area contributed by atoms with Gasteiger partial charge in [-0.25, -0.2) is 0 Å². The second kappa shape index (κ2) is 8.23. The summed E-state index contributed by atoms with van der Waals surface area (Å²) < 4.78 is 0. The smallest absolute Gasteiger partial charge is 0.257 e. The molecule has 2 N–H and O–H groups in total. The molecule has 0 bridgehead atoms. The molecule has 28 heavy (non-hydrogen) atoms. The van der Waals surface area contributed by atoms with Crippen molar-refractivity contribution in [3.05, 3.63) is 58.6 Å². The molecule has 1 saturated heterocycles. The normalized spacial score (nSPS) is 16.5. The third kappa shape index (κ3) is 4.30. The number of carbonyl (C=O) groups is 2. The van der Waals surface area contributed by atoms with Crippen molar-refractivity contribution in [2.24, 2.45) is 0 Å². The highest BCUT2D eigenvalue weighted by molar-refractivity contribution is 6.34. The molecule has 1 aliphatic heterocycles. The van der Waals surface area contributed by atoms with Gasteiger partial charge in [0.25, 0.3) is 11.8 Å². The topological polar surface area (TPSA) is 61.4 Å². The Kier molecular flexibility index (Phi) is 5.53. The molecule has 146 valence electrons. The SMILES string of the molecule is O=C(Nc1ccc(N2CCCCC2)c(C(=O)NC2CC2)c1)c1ccccc1Cl. The highest BCUT2D eigenvalue weighted by Crippen LogP contribution is 2.29. The molecule has 2 fully saturated rings. The number of piperidine rings is 1. The lowest BCUT2D eigenvalue weighted by molar-refractivity contribution is 0.0950. The summed E-state index contributed by atoms with van der Waals surface area (Å²) in [6, 6.07) is 12.8. The zero-order valence-electron chi connectivity index (χ0n) is 15.7. The van der Waals surface area contributed by atoms with Gasteiger partial charge in [0.05, 0.1) is 16.1 Å². The predicted molar refractivity (Wildman–Crippen MR) is 112 cm³/mol. The Morgan fingerprint density at radius 1 is 0.929 bits per heavy atom. The molecule has 2 aromatic carbocycles. The fourth-order valence-corrected chi connectivity index (χ4v) is 3.76. The van der Waals surface area contributed by atoms with Gasteiger partial charge in [-0.05, 0) is 62.4 Å². The van der Waals surface area contributed by atoms with Crippen LogP contribution >= 0.6 is 11.6 Å². The number of nitrogens with one attached hydrogen (secondary N) is 2. The summed E-state index contributed by atoms with van der Waals surface area (Å²) in [5, 5.41) is 6.34. The fraction of sp³-hybridized carbons (Fsp3) is 0.364. The second-order valence-electron chi connectivity index (χ2n) is 7.46. The molecular formula is C22H24ClN3O2. The van der Waals surface area contributed by atoms with Crippen LogP contribution in [-0.4, -0.2) is 30.9 Å². The first-order valence-corrected chi connectivity index (χ1v) is 10.3. The van der Waals surface area contributed by atoms with Gasteiger partial charge in [-0.1, -0.05) is 23.7 Å². The van der Waals surface area contributed by atoms with Gasteiger partial charge < -0.3 is 15.5 Å². The van der Waals surface area contributed by atoms with Crippen LogP contribution in [0.1, 0.15) is 52.8 Å². The first-order chi connectivity index (χ1) is 13.6. The van der Waals surface area contributed by atoms with Crippen LogP contribution in [0, 0.1) is 0 Å². The quantitative estimate of drug-likeness (QED) is 0.782. The van der Waals surface area contributed by atoms with Gasteiger partial charge in [0.1, 0.15) is 0 Å². The first-order valence-electron chi connectivity index (χ1n) is 9.87. The number of benzene rings is 2. The molecule has 5 nitrogen and oxygen atoms in total. The Balaban J connectivity index is 1.60. The largest absolute Gasteiger partial charge is 0.371 e. The maximum absolute atomic E-state index is 12.8. The number of carbonyl (C=O) groups excluding carboxylic acids is 2. The number of nitrogens with zero attached hydrogens (tertiary/aromatic N) is 1. The van der Waals surface area contributed by atoms with E-state index in [0.29, 0.717) is 21.8 Å². The van der Waals surface area contributed by atoms with Crippen LogP contribution < -0.4 is 15.5 Å². The Bertz CT molecular complexity index is 889. The number of halogens is 1. The van der Waals surface area contributed by atoms with Crippen molar-refractivity contribution >= 4 is 34.8 Å². The maximum Gasteiger partial charge on any atom is 0.257 e. The molecule has 6 heteroatoms. The predicted octanol–water partition coefficient (Wildman–Crippen LogP) is 4.47. The van der Waals surface area contributed by atoms with Crippen LogP contribution in [0.15, 0.2) is 42.5 Å². The van der Waals surface area contributed by atoms with E-state index >= 15 is 0 Å². The lowest BCUT2D eigenvalue weighted by Crippen LogP contribution is -2.33. The summed E-state index contributed by atoms with van der Waals surface area (Å²) in [6.45, 7) is 1.91. The van der Waals surface area contributed by atoms with Crippen molar-refractivity contribution in [1.29, 1.82) is 0 Å². The second-order valence-corrected chi connectivity index (χ2v) is 7.87. The van der Waals surface area contributed by atoms with Crippen LogP contribution in [0.4, 0.5) is 11.4 Å². The lowest BCUT2D eigenvalue weighted by Gasteiger charge is -2.30. The molecule has 2 amide bonds. The molecule has 0 radical (unpaired) electrons. The minimum atomic E-state index is -0.287. The molecule has 1 saturated carbocycles. The summed E-state index contributed by atoms with van der Waals surface area (Å²) >= 11 is 6.13. The average Bonchev–Trinajstić information content (AvgIpc) is 3.53. The number of amides is 2. The Morgan fingerprint density at radius 2 is 1.68 bits per heavy atom. The summed E-state index contributed by atoms with van der Waals surface area (Å²) in [5.41, 5.74) is 2.55. The fourth-order valence-electron chi connectivity index (χ4n) is 3.54. The first kappa shape index (κ1) is 18.8. The Morgan fingerprint density at radius 3 is 2.39 bits per heavy atom. The van der Waals surface area contributed by atoms with Crippen LogP contribution in [0.3, 0.4) is 0 Å². The molecule has 0 aromatic heterocycles. The minimum absolute atomic E-state index is 0.0723. The van der Waals surface area contributed by atoms with E-state index < -0.39 is 0 Å². The van der Waals surface area contributed by atoms with Crippen molar-refractivity contribution < 1.29 is 9.59 Å². The van der Waals surface area contributed by atoms with Crippen molar-refractivity contribution in [3.8, 4) is 0 Å². The zero-order chi connectivity index (χ0) is 19.5. The van der Waals surface area contributed by atoms with Gasteiger partial charge in [0.2, 0.25) is 0 Å². The van der Waals surface area contributed by atoms with Gasteiger partial charge >= 0.3 is 0 Å². The highest BCUT2D eigenvalue weighted by atomic mass is 35.5. The lowest BCUT2D eigenvalue weighted by atomic mass is 10.1. The van der Waals surface area contributed by atoms with E-state index in [4.69, 9.17) is 11.6 Å². The van der Waals surface area contributed by atoms with Crippen molar-refractivity contribution in [3.63, 3.8) is 0 Å². The minimum Gasteiger partial charge on any atom is -0.371 e. The van der Waals surface area contributed by atoms with Crippen molar-refractivity contribution in [2.45, 2.75) is 38.1 Å². The molecule has 2 aliphatic rings. The van der Waals surface area contributed by atoms with Crippen LogP contribution in [0.2, 0.25) is 5.02 Å². The molecule has 1 heterocycles.